The minimum atomic E-state index is 0.253. The zero-order valence-electron chi connectivity index (χ0n) is 13.0. The van der Waals surface area contributed by atoms with Gasteiger partial charge in [-0.15, -0.1) is 0 Å². The Kier molecular flexibility index (Phi) is 6.02. The summed E-state index contributed by atoms with van der Waals surface area (Å²) in [5.74, 6) is 1.15. The smallest absolute Gasteiger partial charge is 0.223 e. The number of ether oxygens (including phenoxy) is 1. The third kappa shape index (κ3) is 4.72. The largest absolute Gasteiger partial charge is 0.496 e. The first kappa shape index (κ1) is 15.8. The highest BCUT2D eigenvalue weighted by Crippen LogP contribution is 2.18. The standard InChI is InChI=1S/C16H25N3O2/c1-18(13-14-5-3-4-6-15(14)21-2)10-7-16(20)19-11-8-17-9-12-19/h3-6,17H,7-13H2,1-2H3. The van der Waals surface area contributed by atoms with E-state index in [-0.39, 0.29) is 5.91 Å². The van der Waals surface area contributed by atoms with Crippen molar-refractivity contribution in [2.24, 2.45) is 0 Å². The van der Waals surface area contributed by atoms with Gasteiger partial charge in [0.15, 0.2) is 0 Å². The van der Waals surface area contributed by atoms with E-state index in [0.717, 1.165) is 50.6 Å². The van der Waals surface area contributed by atoms with E-state index < -0.39 is 0 Å². The van der Waals surface area contributed by atoms with Crippen LogP contribution in [0.4, 0.5) is 0 Å². The van der Waals surface area contributed by atoms with Gasteiger partial charge in [0.25, 0.3) is 0 Å². The van der Waals surface area contributed by atoms with Gasteiger partial charge in [0.2, 0.25) is 5.91 Å². The number of rotatable bonds is 6. The molecule has 1 aromatic carbocycles. The summed E-state index contributed by atoms with van der Waals surface area (Å²) in [4.78, 5) is 16.2. The molecule has 2 rings (SSSR count). The molecular weight excluding hydrogens is 266 g/mol. The fourth-order valence-electron chi connectivity index (χ4n) is 2.56. The Morgan fingerprint density at radius 2 is 2.05 bits per heavy atom. The van der Waals surface area contributed by atoms with Gasteiger partial charge in [-0.25, -0.2) is 0 Å². The Morgan fingerprint density at radius 3 is 2.76 bits per heavy atom. The van der Waals surface area contributed by atoms with Gasteiger partial charge in [-0.1, -0.05) is 18.2 Å². The summed E-state index contributed by atoms with van der Waals surface area (Å²) < 4.78 is 5.36. The average Bonchev–Trinajstić information content (AvgIpc) is 2.54. The number of amides is 1. The zero-order valence-corrected chi connectivity index (χ0v) is 13.0. The molecule has 0 radical (unpaired) electrons. The van der Waals surface area contributed by atoms with Crippen molar-refractivity contribution in [1.29, 1.82) is 0 Å². The highest BCUT2D eigenvalue weighted by molar-refractivity contribution is 5.76. The van der Waals surface area contributed by atoms with Crippen molar-refractivity contribution in [2.75, 3.05) is 46.9 Å². The SMILES string of the molecule is COc1ccccc1CN(C)CCC(=O)N1CCNCC1. The molecule has 1 aliphatic heterocycles. The van der Waals surface area contributed by atoms with Crippen molar-refractivity contribution in [1.82, 2.24) is 15.1 Å². The lowest BCUT2D eigenvalue weighted by atomic mass is 10.2. The maximum atomic E-state index is 12.1. The highest BCUT2D eigenvalue weighted by Gasteiger charge is 2.16. The number of para-hydroxylation sites is 1. The third-order valence-corrected chi connectivity index (χ3v) is 3.81. The van der Waals surface area contributed by atoms with Gasteiger partial charge in [0.1, 0.15) is 5.75 Å². The van der Waals surface area contributed by atoms with Crippen LogP contribution >= 0.6 is 0 Å². The van der Waals surface area contributed by atoms with E-state index >= 15 is 0 Å². The Balaban J connectivity index is 1.78. The van der Waals surface area contributed by atoms with E-state index in [1.165, 1.54) is 0 Å². The van der Waals surface area contributed by atoms with Crippen molar-refractivity contribution in [3.8, 4) is 5.75 Å². The molecule has 1 heterocycles. The molecule has 5 heteroatoms. The molecule has 21 heavy (non-hydrogen) atoms. The van der Waals surface area contributed by atoms with Crippen LogP contribution in [-0.4, -0.2) is 62.6 Å². The van der Waals surface area contributed by atoms with E-state index in [9.17, 15) is 4.79 Å². The first-order valence-electron chi connectivity index (χ1n) is 7.49. The third-order valence-electron chi connectivity index (χ3n) is 3.81. The van der Waals surface area contributed by atoms with Crippen LogP contribution in [0.5, 0.6) is 5.75 Å². The molecule has 0 unspecified atom stereocenters. The number of hydrogen-bond acceptors (Lipinski definition) is 4. The Hall–Kier alpha value is -1.59. The van der Waals surface area contributed by atoms with Crippen LogP contribution in [0.25, 0.3) is 0 Å². The number of carbonyl (C=O) groups excluding carboxylic acids is 1. The number of piperazine rings is 1. The van der Waals surface area contributed by atoms with Gasteiger partial charge in [-0.3, -0.25) is 4.79 Å². The Bertz CT molecular complexity index is 459. The lowest BCUT2D eigenvalue weighted by Gasteiger charge is -2.28. The lowest BCUT2D eigenvalue weighted by Crippen LogP contribution is -2.47. The van der Waals surface area contributed by atoms with Gasteiger partial charge >= 0.3 is 0 Å². The van der Waals surface area contributed by atoms with E-state index in [0.29, 0.717) is 6.42 Å². The van der Waals surface area contributed by atoms with Gasteiger partial charge in [0, 0.05) is 51.3 Å². The Labute approximate surface area is 126 Å². The van der Waals surface area contributed by atoms with Crippen molar-refractivity contribution < 1.29 is 9.53 Å². The predicted molar refractivity (Wildman–Crippen MR) is 83.4 cm³/mol. The summed E-state index contributed by atoms with van der Waals surface area (Å²) in [5.41, 5.74) is 1.15. The summed E-state index contributed by atoms with van der Waals surface area (Å²) in [5, 5.41) is 3.26. The van der Waals surface area contributed by atoms with Crippen molar-refractivity contribution in [3.05, 3.63) is 29.8 Å². The van der Waals surface area contributed by atoms with Crippen LogP contribution in [0, 0.1) is 0 Å². The van der Waals surface area contributed by atoms with Gasteiger partial charge in [-0.05, 0) is 13.1 Å². The van der Waals surface area contributed by atoms with Crippen molar-refractivity contribution >= 4 is 5.91 Å². The second-order valence-corrected chi connectivity index (χ2v) is 5.43. The predicted octanol–water partition coefficient (Wildman–Crippen LogP) is 0.949. The average molecular weight is 291 g/mol. The molecule has 0 bridgehead atoms. The zero-order chi connectivity index (χ0) is 15.1. The summed E-state index contributed by atoms with van der Waals surface area (Å²) in [7, 11) is 3.73. The van der Waals surface area contributed by atoms with Gasteiger partial charge in [-0.2, -0.15) is 0 Å². The molecule has 0 aliphatic carbocycles. The minimum Gasteiger partial charge on any atom is -0.496 e. The second kappa shape index (κ2) is 8.00. The van der Waals surface area contributed by atoms with E-state index in [1.54, 1.807) is 7.11 Å². The number of nitrogens with one attached hydrogen (secondary N) is 1. The van der Waals surface area contributed by atoms with Crippen LogP contribution < -0.4 is 10.1 Å². The number of nitrogens with zero attached hydrogens (tertiary/aromatic N) is 2. The summed E-state index contributed by atoms with van der Waals surface area (Å²) in [6.45, 7) is 5.02. The molecular formula is C16H25N3O2. The summed E-state index contributed by atoms with van der Waals surface area (Å²) in [6, 6.07) is 8.01. The molecule has 0 aromatic heterocycles. The number of hydrogen-bond donors (Lipinski definition) is 1. The van der Waals surface area contributed by atoms with Crippen molar-refractivity contribution in [3.63, 3.8) is 0 Å². The molecule has 0 saturated carbocycles. The summed E-state index contributed by atoms with van der Waals surface area (Å²) in [6.07, 6.45) is 0.575. The quantitative estimate of drug-likeness (QED) is 0.847. The highest BCUT2D eigenvalue weighted by atomic mass is 16.5. The van der Waals surface area contributed by atoms with E-state index in [4.69, 9.17) is 4.74 Å². The van der Waals surface area contributed by atoms with Crippen molar-refractivity contribution in [2.45, 2.75) is 13.0 Å². The molecule has 1 N–H and O–H groups in total. The monoisotopic (exact) mass is 291 g/mol. The number of benzene rings is 1. The molecule has 1 amide bonds. The molecule has 1 aromatic rings. The van der Waals surface area contributed by atoms with Crippen LogP contribution in [0.3, 0.4) is 0 Å². The second-order valence-electron chi connectivity index (χ2n) is 5.43. The number of methoxy groups -OCH3 is 1. The molecule has 1 fully saturated rings. The van der Waals surface area contributed by atoms with Crippen LogP contribution in [0.2, 0.25) is 0 Å². The summed E-state index contributed by atoms with van der Waals surface area (Å²) >= 11 is 0. The normalized spacial score (nSPS) is 15.3. The van der Waals surface area contributed by atoms with Gasteiger partial charge in [0.05, 0.1) is 7.11 Å². The van der Waals surface area contributed by atoms with E-state index in [1.807, 2.05) is 30.1 Å². The fourth-order valence-corrected chi connectivity index (χ4v) is 2.56. The lowest BCUT2D eigenvalue weighted by molar-refractivity contribution is -0.132. The molecule has 0 atom stereocenters. The molecule has 1 saturated heterocycles. The molecule has 1 aliphatic rings. The first-order chi connectivity index (χ1) is 10.2. The van der Waals surface area contributed by atoms with Crippen LogP contribution in [0.15, 0.2) is 24.3 Å². The topological polar surface area (TPSA) is 44.8 Å². The molecule has 5 nitrogen and oxygen atoms in total. The molecule has 116 valence electrons. The van der Waals surface area contributed by atoms with E-state index in [2.05, 4.69) is 16.3 Å². The fraction of sp³-hybridized carbons (Fsp3) is 0.562. The minimum absolute atomic E-state index is 0.253. The Morgan fingerprint density at radius 1 is 1.33 bits per heavy atom. The molecule has 0 spiro atoms. The van der Waals surface area contributed by atoms with Gasteiger partial charge < -0.3 is 19.9 Å². The maximum Gasteiger partial charge on any atom is 0.223 e. The van der Waals surface area contributed by atoms with Crippen LogP contribution in [0.1, 0.15) is 12.0 Å². The first-order valence-corrected chi connectivity index (χ1v) is 7.49. The maximum absolute atomic E-state index is 12.1. The number of carbonyl (C=O) groups is 1. The van der Waals surface area contributed by atoms with Crippen LogP contribution in [-0.2, 0) is 11.3 Å².